The molecule has 1 saturated heterocycles. The highest BCUT2D eigenvalue weighted by molar-refractivity contribution is 5.96. The van der Waals surface area contributed by atoms with Gasteiger partial charge in [0, 0.05) is 47.1 Å². The lowest BCUT2D eigenvalue weighted by molar-refractivity contribution is 0.378. The first kappa shape index (κ1) is 20.2. The zero-order valence-electron chi connectivity index (χ0n) is 18.5. The lowest BCUT2D eigenvalue weighted by Gasteiger charge is -2.24. The molecule has 6 heteroatoms. The molecule has 1 aliphatic rings. The number of imidazole rings is 1. The molecule has 0 bridgehead atoms. The van der Waals surface area contributed by atoms with Crippen molar-refractivity contribution in [3.05, 3.63) is 83.9 Å². The van der Waals surface area contributed by atoms with Gasteiger partial charge in [-0.05, 0) is 61.3 Å². The van der Waals surface area contributed by atoms with Crippen LogP contribution in [0.15, 0.2) is 67.3 Å². The van der Waals surface area contributed by atoms with Gasteiger partial charge in [0.1, 0.15) is 5.65 Å². The van der Waals surface area contributed by atoms with Gasteiger partial charge in [0.15, 0.2) is 0 Å². The molecular formula is C28H22N6. The summed E-state index contributed by atoms with van der Waals surface area (Å²) in [5.41, 5.74) is 7.45. The molecule has 1 unspecified atom stereocenters. The van der Waals surface area contributed by atoms with Crippen LogP contribution in [0.1, 0.15) is 35.6 Å². The minimum Gasteiger partial charge on any atom is -0.346 e. The summed E-state index contributed by atoms with van der Waals surface area (Å²) in [5.74, 6) is 6.34. The highest BCUT2D eigenvalue weighted by Crippen LogP contribution is 2.32. The van der Waals surface area contributed by atoms with E-state index in [4.69, 9.17) is 5.26 Å². The topological polar surface area (TPSA) is 82.3 Å². The molecule has 1 atom stereocenters. The zero-order chi connectivity index (χ0) is 22.9. The van der Waals surface area contributed by atoms with Crippen LogP contribution in [0.2, 0.25) is 0 Å². The first-order valence-electron chi connectivity index (χ1n) is 11.5. The number of rotatable bonds is 2. The molecule has 0 radical (unpaired) electrons. The number of aromatic amines is 1. The maximum absolute atomic E-state index is 9.10. The maximum atomic E-state index is 9.10. The Balaban J connectivity index is 1.38. The predicted octanol–water partition coefficient (Wildman–Crippen LogP) is 4.78. The second kappa shape index (κ2) is 8.51. The minimum absolute atomic E-state index is 0.431. The number of pyridine rings is 1. The van der Waals surface area contributed by atoms with Gasteiger partial charge in [-0.2, -0.15) is 5.26 Å². The molecule has 6 nitrogen and oxygen atoms in total. The number of nitrogens with zero attached hydrogens (tertiary/aromatic N) is 4. The largest absolute Gasteiger partial charge is 0.346 e. The van der Waals surface area contributed by atoms with E-state index in [9.17, 15) is 0 Å². The number of hydrogen-bond acceptors (Lipinski definition) is 4. The van der Waals surface area contributed by atoms with Crippen LogP contribution in [-0.2, 0) is 0 Å². The van der Waals surface area contributed by atoms with Gasteiger partial charge in [-0.15, -0.1) is 0 Å². The van der Waals surface area contributed by atoms with Crippen LogP contribution in [0, 0.1) is 23.2 Å². The van der Waals surface area contributed by atoms with E-state index < -0.39 is 0 Å². The third-order valence-corrected chi connectivity index (χ3v) is 6.42. The van der Waals surface area contributed by atoms with Crippen molar-refractivity contribution >= 4 is 22.1 Å². The van der Waals surface area contributed by atoms with Crippen LogP contribution in [0.4, 0.5) is 0 Å². The number of fused-ring (bicyclic) bond motifs is 2. The van der Waals surface area contributed by atoms with E-state index in [0.29, 0.717) is 11.6 Å². The second-order valence-electron chi connectivity index (χ2n) is 8.62. The monoisotopic (exact) mass is 442 g/mol. The number of nitrogens with one attached hydrogen (secondary N) is 2. The van der Waals surface area contributed by atoms with Crippen LogP contribution in [0.25, 0.3) is 33.2 Å². The van der Waals surface area contributed by atoms with Crippen LogP contribution in [0.3, 0.4) is 0 Å². The number of piperidine rings is 1. The van der Waals surface area contributed by atoms with Gasteiger partial charge >= 0.3 is 0 Å². The lowest BCUT2D eigenvalue weighted by Crippen LogP contribution is -2.31. The summed E-state index contributed by atoms with van der Waals surface area (Å²) in [6.07, 6.45) is 8.10. The van der Waals surface area contributed by atoms with E-state index in [0.717, 1.165) is 57.4 Å². The van der Waals surface area contributed by atoms with Gasteiger partial charge in [0.2, 0.25) is 0 Å². The summed E-state index contributed by atoms with van der Waals surface area (Å²) in [6.45, 7) is 2.07. The van der Waals surface area contributed by atoms with E-state index in [1.165, 1.54) is 12.8 Å². The summed E-state index contributed by atoms with van der Waals surface area (Å²) in [5, 5.41) is 13.6. The molecule has 0 amide bonds. The van der Waals surface area contributed by atoms with Crippen LogP contribution < -0.4 is 5.32 Å². The Bertz CT molecular complexity index is 1620. The summed E-state index contributed by atoms with van der Waals surface area (Å²) < 4.78 is 2.31. The first-order valence-corrected chi connectivity index (χ1v) is 11.5. The zero-order valence-corrected chi connectivity index (χ0v) is 18.5. The van der Waals surface area contributed by atoms with Crippen LogP contribution >= 0.6 is 0 Å². The van der Waals surface area contributed by atoms with Crippen molar-refractivity contribution in [2.45, 2.75) is 18.9 Å². The van der Waals surface area contributed by atoms with Gasteiger partial charge in [-0.1, -0.05) is 24.0 Å². The van der Waals surface area contributed by atoms with E-state index in [1.54, 1.807) is 18.3 Å². The minimum atomic E-state index is 0.431. The third kappa shape index (κ3) is 3.71. The molecule has 0 spiro atoms. The van der Waals surface area contributed by atoms with Gasteiger partial charge in [0.25, 0.3) is 0 Å². The molecule has 1 fully saturated rings. The number of H-pyrrole nitrogens is 1. The van der Waals surface area contributed by atoms with Gasteiger partial charge in [-0.25, -0.2) is 9.97 Å². The average molecular weight is 443 g/mol. The first-order chi connectivity index (χ1) is 16.8. The van der Waals surface area contributed by atoms with Gasteiger partial charge in [-0.3, -0.25) is 0 Å². The molecule has 164 valence electrons. The Hall–Kier alpha value is -4.39. The summed E-state index contributed by atoms with van der Waals surface area (Å²) in [6, 6.07) is 18.4. The van der Waals surface area contributed by atoms with Crippen molar-refractivity contribution < 1.29 is 0 Å². The molecule has 2 N–H and O–H groups in total. The fourth-order valence-electron chi connectivity index (χ4n) is 4.68. The van der Waals surface area contributed by atoms with Crippen molar-refractivity contribution in [3.8, 4) is 29.0 Å². The highest BCUT2D eigenvalue weighted by atomic mass is 15.1. The number of aromatic nitrogens is 4. The molecule has 4 heterocycles. The predicted molar refractivity (Wildman–Crippen MR) is 133 cm³/mol. The normalized spacial score (nSPS) is 15.7. The number of hydrogen-bond donors (Lipinski definition) is 2. The molecule has 34 heavy (non-hydrogen) atoms. The quantitative estimate of drug-likeness (QED) is 0.386. The molecular weight excluding hydrogens is 420 g/mol. The van der Waals surface area contributed by atoms with Crippen molar-refractivity contribution in [1.82, 2.24) is 24.8 Å². The summed E-state index contributed by atoms with van der Waals surface area (Å²) in [7, 11) is 0. The van der Waals surface area contributed by atoms with Crippen molar-refractivity contribution in [3.63, 3.8) is 0 Å². The van der Waals surface area contributed by atoms with Gasteiger partial charge in [0.05, 0.1) is 29.0 Å². The van der Waals surface area contributed by atoms with Crippen LogP contribution in [0.5, 0.6) is 0 Å². The molecule has 6 rings (SSSR count). The fraction of sp³-hybridized carbons (Fsp3) is 0.179. The lowest BCUT2D eigenvalue weighted by atomic mass is 10.0. The SMILES string of the molecule is N#Cc1cccc(C#Cc2cnc3[nH]cc(-c4ccc5ncn(C6CCCNC6)c5c4)c3c2)c1. The van der Waals surface area contributed by atoms with E-state index >= 15 is 0 Å². The Labute approximate surface area is 197 Å². The number of benzene rings is 2. The molecule has 5 aromatic rings. The average Bonchev–Trinajstić information content (AvgIpc) is 3.51. The standard InChI is InChI=1S/C28H22N6/c29-14-20-4-1-3-19(11-20)6-7-21-12-24-25(17-32-28(24)31-15-21)22-8-9-26-27(13-22)34(18-33-26)23-5-2-10-30-16-23/h1,3-4,8-9,11-13,15,17-18,23,30H,2,5,10,16H2,(H,31,32). The van der Waals surface area contributed by atoms with E-state index in [-0.39, 0.29) is 0 Å². The molecule has 1 aliphatic heterocycles. The number of nitriles is 1. The molecule has 0 saturated carbocycles. The van der Waals surface area contributed by atoms with E-state index in [2.05, 4.69) is 67.0 Å². The Morgan fingerprint density at radius 1 is 1.00 bits per heavy atom. The van der Waals surface area contributed by atoms with Gasteiger partial charge < -0.3 is 14.9 Å². The molecule has 2 aromatic carbocycles. The second-order valence-corrected chi connectivity index (χ2v) is 8.62. The third-order valence-electron chi connectivity index (χ3n) is 6.42. The van der Waals surface area contributed by atoms with Crippen molar-refractivity contribution in [2.75, 3.05) is 13.1 Å². The smallest absolute Gasteiger partial charge is 0.137 e. The van der Waals surface area contributed by atoms with Crippen molar-refractivity contribution in [1.29, 1.82) is 5.26 Å². The summed E-state index contributed by atoms with van der Waals surface area (Å²) >= 11 is 0. The Morgan fingerprint density at radius 2 is 1.91 bits per heavy atom. The highest BCUT2D eigenvalue weighted by Gasteiger charge is 2.18. The summed E-state index contributed by atoms with van der Waals surface area (Å²) in [4.78, 5) is 12.5. The van der Waals surface area contributed by atoms with Crippen molar-refractivity contribution in [2.24, 2.45) is 0 Å². The molecule has 0 aliphatic carbocycles. The Morgan fingerprint density at radius 3 is 2.79 bits per heavy atom. The van der Waals surface area contributed by atoms with E-state index in [1.807, 2.05) is 24.7 Å². The maximum Gasteiger partial charge on any atom is 0.137 e. The van der Waals surface area contributed by atoms with Crippen LogP contribution in [-0.4, -0.2) is 32.6 Å². The Kier molecular flexibility index (Phi) is 5.07. The fourth-order valence-corrected chi connectivity index (χ4v) is 4.68. The molecule has 3 aromatic heterocycles.